The van der Waals surface area contributed by atoms with E-state index in [0.29, 0.717) is 18.7 Å². The third-order valence-corrected chi connectivity index (χ3v) is 8.44. The lowest BCUT2D eigenvalue weighted by atomic mass is 10.0. The molecule has 8 heteroatoms. The summed E-state index contributed by atoms with van der Waals surface area (Å²) in [6.07, 6.45) is 7.46. The molecule has 0 aliphatic carbocycles. The van der Waals surface area contributed by atoms with Crippen molar-refractivity contribution in [3.63, 3.8) is 0 Å². The van der Waals surface area contributed by atoms with Crippen molar-refractivity contribution in [1.29, 1.82) is 0 Å². The van der Waals surface area contributed by atoms with E-state index in [1.807, 2.05) is 30.5 Å². The molecule has 172 valence electrons. The maximum atomic E-state index is 13.2. The fourth-order valence-corrected chi connectivity index (χ4v) is 6.45. The van der Waals surface area contributed by atoms with E-state index < -0.39 is 16.1 Å². The molecule has 1 aromatic heterocycles. The third-order valence-electron chi connectivity index (χ3n) is 6.52. The van der Waals surface area contributed by atoms with Crippen LogP contribution in [0.5, 0.6) is 0 Å². The SMILES string of the molecule is O=C(Nc1ccc(-c2ncc3n2CCCC3)cc1)C1CCCCN1S(=O)(=O)c1ccccc1. The summed E-state index contributed by atoms with van der Waals surface area (Å²) in [5.74, 6) is 0.662. The molecule has 2 aliphatic heterocycles. The molecule has 0 saturated carbocycles. The highest BCUT2D eigenvalue weighted by Gasteiger charge is 2.37. The molecule has 1 unspecified atom stereocenters. The molecule has 1 fully saturated rings. The number of sulfonamides is 1. The third kappa shape index (κ3) is 4.32. The van der Waals surface area contributed by atoms with Gasteiger partial charge < -0.3 is 9.88 Å². The number of nitrogens with zero attached hydrogens (tertiary/aromatic N) is 3. The van der Waals surface area contributed by atoms with E-state index in [9.17, 15) is 13.2 Å². The predicted octanol–water partition coefficient (Wildman–Crippen LogP) is 4.07. The van der Waals surface area contributed by atoms with Crippen LogP contribution in [0.15, 0.2) is 65.7 Å². The quantitative estimate of drug-likeness (QED) is 0.617. The van der Waals surface area contributed by atoms with Crippen LogP contribution in [0.3, 0.4) is 0 Å². The average Bonchev–Trinajstić information content (AvgIpc) is 3.29. The van der Waals surface area contributed by atoms with Gasteiger partial charge in [0.25, 0.3) is 0 Å². The van der Waals surface area contributed by atoms with E-state index in [-0.39, 0.29) is 10.8 Å². The van der Waals surface area contributed by atoms with Crippen LogP contribution in [-0.2, 0) is 27.8 Å². The first kappa shape index (κ1) is 21.9. The second-order valence-electron chi connectivity index (χ2n) is 8.69. The molecule has 5 rings (SSSR count). The number of anilines is 1. The number of aryl methyl sites for hydroxylation is 1. The molecule has 2 aromatic carbocycles. The fourth-order valence-electron chi connectivity index (χ4n) is 4.78. The molecule has 2 aliphatic rings. The summed E-state index contributed by atoms with van der Waals surface area (Å²) in [7, 11) is -3.73. The lowest BCUT2D eigenvalue weighted by Gasteiger charge is -2.33. The number of fused-ring (bicyclic) bond motifs is 1. The smallest absolute Gasteiger partial charge is 0.243 e. The van der Waals surface area contributed by atoms with Gasteiger partial charge in [-0.25, -0.2) is 13.4 Å². The van der Waals surface area contributed by atoms with Gasteiger partial charge in [-0.1, -0.05) is 24.6 Å². The first-order valence-electron chi connectivity index (χ1n) is 11.6. The molecule has 0 radical (unpaired) electrons. The number of benzene rings is 2. The molecule has 1 atom stereocenters. The Labute approximate surface area is 194 Å². The summed E-state index contributed by atoms with van der Waals surface area (Å²) in [4.78, 5) is 17.9. The van der Waals surface area contributed by atoms with Gasteiger partial charge in [0.15, 0.2) is 0 Å². The molecule has 0 spiro atoms. The molecule has 1 amide bonds. The number of carbonyl (C=O) groups excluding carboxylic acids is 1. The number of carbonyl (C=O) groups is 1. The minimum Gasteiger partial charge on any atom is -0.328 e. The summed E-state index contributed by atoms with van der Waals surface area (Å²) in [6.45, 7) is 1.33. The number of hydrogen-bond donors (Lipinski definition) is 1. The monoisotopic (exact) mass is 464 g/mol. The van der Waals surface area contributed by atoms with Gasteiger partial charge in [0.05, 0.1) is 4.90 Å². The molecule has 1 saturated heterocycles. The topological polar surface area (TPSA) is 84.3 Å². The van der Waals surface area contributed by atoms with Gasteiger partial charge in [-0.2, -0.15) is 4.31 Å². The van der Waals surface area contributed by atoms with Crippen LogP contribution < -0.4 is 5.32 Å². The molecular formula is C25H28N4O3S. The number of imidazole rings is 1. The highest BCUT2D eigenvalue weighted by molar-refractivity contribution is 7.89. The normalized spacial score (nSPS) is 19.1. The Morgan fingerprint density at radius 1 is 0.939 bits per heavy atom. The highest BCUT2D eigenvalue weighted by atomic mass is 32.2. The summed E-state index contributed by atoms with van der Waals surface area (Å²) >= 11 is 0. The van der Waals surface area contributed by atoms with Gasteiger partial charge in [0, 0.05) is 36.2 Å². The number of piperidine rings is 1. The largest absolute Gasteiger partial charge is 0.328 e. The van der Waals surface area contributed by atoms with Crippen LogP contribution in [-0.4, -0.2) is 40.8 Å². The lowest BCUT2D eigenvalue weighted by Crippen LogP contribution is -2.49. The zero-order chi connectivity index (χ0) is 22.8. The Bertz CT molecular complexity index is 1240. The number of aromatic nitrogens is 2. The average molecular weight is 465 g/mol. The molecular weight excluding hydrogens is 436 g/mol. The Hall–Kier alpha value is -2.97. The zero-order valence-electron chi connectivity index (χ0n) is 18.5. The lowest BCUT2D eigenvalue weighted by molar-refractivity contribution is -0.120. The first-order valence-corrected chi connectivity index (χ1v) is 13.0. The van der Waals surface area contributed by atoms with Crippen molar-refractivity contribution < 1.29 is 13.2 Å². The second kappa shape index (κ2) is 9.11. The van der Waals surface area contributed by atoms with Crippen LogP contribution in [0.1, 0.15) is 37.8 Å². The second-order valence-corrected chi connectivity index (χ2v) is 10.6. The van der Waals surface area contributed by atoms with Crippen LogP contribution >= 0.6 is 0 Å². The predicted molar refractivity (Wildman–Crippen MR) is 127 cm³/mol. The number of hydrogen-bond acceptors (Lipinski definition) is 4. The van der Waals surface area contributed by atoms with Crippen molar-refractivity contribution in [3.05, 3.63) is 66.5 Å². The van der Waals surface area contributed by atoms with Crippen LogP contribution in [0, 0.1) is 0 Å². The summed E-state index contributed by atoms with van der Waals surface area (Å²) in [6, 6.07) is 15.2. The van der Waals surface area contributed by atoms with E-state index in [1.54, 1.807) is 30.3 Å². The summed E-state index contributed by atoms with van der Waals surface area (Å²) in [5, 5.41) is 2.93. The fraction of sp³-hybridized carbons (Fsp3) is 0.360. The molecule has 3 aromatic rings. The Morgan fingerprint density at radius 2 is 1.70 bits per heavy atom. The van der Waals surface area contributed by atoms with E-state index in [0.717, 1.165) is 43.6 Å². The van der Waals surface area contributed by atoms with E-state index in [1.165, 1.54) is 16.4 Å². The molecule has 1 N–H and O–H groups in total. The minimum atomic E-state index is -3.73. The number of nitrogens with one attached hydrogen (secondary N) is 1. The Kier molecular flexibility index (Phi) is 6.03. The highest BCUT2D eigenvalue weighted by Crippen LogP contribution is 2.28. The molecule has 7 nitrogen and oxygen atoms in total. The standard InChI is InChI=1S/C25H28N4O3S/c30-25(23-11-5-7-17-29(23)33(31,32)22-9-2-1-3-10-22)27-20-14-12-19(13-15-20)24-26-18-21-8-4-6-16-28(21)24/h1-3,9-10,12-15,18,23H,4-8,11,16-17H2,(H,27,30). The van der Waals surface area contributed by atoms with Gasteiger partial charge in [-0.15, -0.1) is 0 Å². The van der Waals surface area contributed by atoms with Gasteiger partial charge in [-0.05, 0) is 68.5 Å². The van der Waals surface area contributed by atoms with Gasteiger partial charge in [0.1, 0.15) is 11.9 Å². The summed E-state index contributed by atoms with van der Waals surface area (Å²) in [5.41, 5.74) is 2.93. The van der Waals surface area contributed by atoms with Crippen molar-refractivity contribution in [2.45, 2.75) is 56.0 Å². The maximum Gasteiger partial charge on any atom is 0.243 e. The summed E-state index contributed by atoms with van der Waals surface area (Å²) < 4.78 is 30.0. The van der Waals surface area contributed by atoms with Gasteiger partial charge in [0.2, 0.25) is 15.9 Å². The van der Waals surface area contributed by atoms with Gasteiger partial charge >= 0.3 is 0 Å². The van der Waals surface area contributed by atoms with Crippen LogP contribution in [0.25, 0.3) is 11.4 Å². The molecule has 33 heavy (non-hydrogen) atoms. The number of rotatable bonds is 5. The van der Waals surface area contributed by atoms with E-state index in [4.69, 9.17) is 0 Å². The van der Waals surface area contributed by atoms with Crippen molar-refractivity contribution >= 4 is 21.6 Å². The van der Waals surface area contributed by atoms with E-state index in [2.05, 4.69) is 14.9 Å². The van der Waals surface area contributed by atoms with Crippen molar-refractivity contribution in [2.24, 2.45) is 0 Å². The van der Waals surface area contributed by atoms with Crippen molar-refractivity contribution in [1.82, 2.24) is 13.9 Å². The number of amides is 1. The first-order chi connectivity index (χ1) is 16.0. The maximum absolute atomic E-state index is 13.2. The van der Waals surface area contributed by atoms with Crippen LogP contribution in [0.4, 0.5) is 5.69 Å². The zero-order valence-corrected chi connectivity index (χ0v) is 19.3. The molecule has 3 heterocycles. The van der Waals surface area contributed by atoms with E-state index >= 15 is 0 Å². The molecule has 0 bridgehead atoms. The van der Waals surface area contributed by atoms with Crippen LogP contribution in [0.2, 0.25) is 0 Å². The Morgan fingerprint density at radius 3 is 2.48 bits per heavy atom. The minimum absolute atomic E-state index is 0.220. The van der Waals surface area contributed by atoms with Gasteiger partial charge in [-0.3, -0.25) is 4.79 Å². The Balaban J connectivity index is 1.33. The van der Waals surface area contributed by atoms with Crippen molar-refractivity contribution in [2.75, 3.05) is 11.9 Å². The van der Waals surface area contributed by atoms with Crippen molar-refractivity contribution in [3.8, 4) is 11.4 Å².